The number of esters is 2. The van der Waals surface area contributed by atoms with Crippen LogP contribution >= 0.6 is 0 Å². The molecule has 2 aromatic carbocycles. The molecule has 2 aromatic rings. The molecule has 0 radical (unpaired) electrons. The predicted octanol–water partition coefficient (Wildman–Crippen LogP) is 3.12. The highest BCUT2D eigenvalue weighted by molar-refractivity contribution is 6.06. The minimum absolute atomic E-state index is 0.0657. The number of carbonyl (C=O) groups is 4. The van der Waals surface area contributed by atoms with Crippen molar-refractivity contribution in [3.63, 3.8) is 0 Å². The first-order valence-corrected chi connectivity index (χ1v) is 8.75. The van der Waals surface area contributed by atoms with Crippen LogP contribution in [0.5, 0.6) is 0 Å². The number of carbonyl (C=O) groups excluding carboxylic acids is 4. The zero-order chi connectivity index (χ0) is 21.6. The van der Waals surface area contributed by atoms with Crippen molar-refractivity contribution in [3.8, 4) is 11.1 Å². The number of rotatable bonds is 6. The quantitative estimate of drug-likeness (QED) is 0.724. The summed E-state index contributed by atoms with van der Waals surface area (Å²) in [4.78, 5) is 46.8. The summed E-state index contributed by atoms with van der Waals surface area (Å²) in [5.41, 5.74) is 2.55. The number of benzene rings is 2. The van der Waals surface area contributed by atoms with Crippen LogP contribution in [0.2, 0.25) is 0 Å². The third kappa shape index (κ3) is 5.90. The summed E-state index contributed by atoms with van der Waals surface area (Å²) >= 11 is 0. The van der Waals surface area contributed by atoms with Gasteiger partial charge in [0, 0.05) is 32.0 Å². The Balaban J connectivity index is 2.68. The third-order valence-corrected chi connectivity index (χ3v) is 3.83. The molecule has 152 valence electrons. The predicted molar refractivity (Wildman–Crippen MR) is 107 cm³/mol. The van der Waals surface area contributed by atoms with E-state index in [1.165, 1.54) is 33.9 Å². The van der Waals surface area contributed by atoms with E-state index in [1.54, 1.807) is 30.3 Å². The Morgan fingerprint density at radius 2 is 1.62 bits per heavy atom. The molecule has 29 heavy (non-hydrogen) atoms. The second-order valence-electron chi connectivity index (χ2n) is 6.28. The van der Waals surface area contributed by atoms with E-state index >= 15 is 0 Å². The fraction of sp³-hybridized carbons (Fsp3) is 0.238. The van der Waals surface area contributed by atoms with Crippen molar-refractivity contribution in [1.29, 1.82) is 0 Å². The van der Waals surface area contributed by atoms with Gasteiger partial charge in [0.25, 0.3) is 0 Å². The van der Waals surface area contributed by atoms with Crippen LogP contribution in [0.15, 0.2) is 36.4 Å². The fourth-order valence-corrected chi connectivity index (χ4v) is 2.79. The molecule has 2 amide bonds. The van der Waals surface area contributed by atoms with E-state index in [2.05, 4.69) is 10.6 Å². The molecule has 0 atom stereocenters. The highest BCUT2D eigenvalue weighted by atomic mass is 16.5. The van der Waals surface area contributed by atoms with Crippen LogP contribution in [0.4, 0.5) is 11.4 Å². The van der Waals surface area contributed by atoms with Gasteiger partial charge < -0.3 is 20.1 Å². The van der Waals surface area contributed by atoms with Gasteiger partial charge in [0.1, 0.15) is 6.61 Å². The maximum atomic E-state index is 12.5. The normalized spacial score (nSPS) is 10.1. The van der Waals surface area contributed by atoms with E-state index in [9.17, 15) is 19.2 Å². The fourth-order valence-electron chi connectivity index (χ4n) is 2.79. The summed E-state index contributed by atoms with van der Waals surface area (Å²) in [7, 11) is 1.24. The van der Waals surface area contributed by atoms with Gasteiger partial charge in [-0.2, -0.15) is 0 Å². The lowest BCUT2D eigenvalue weighted by molar-refractivity contribution is -0.142. The molecule has 0 aliphatic heterocycles. The van der Waals surface area contributed by atoms with Gasteiger partial charge in [-0.05, 0) is 29.3 Å². The molecule has 8 heteroatoms. The van der Waals surface area contributed by atoms with Crippen LogP contribution in [0.1, 0.15) is 36.7 Å². The Bertz CT molecular complexity index is 968. The SMILES string of the molecule is COC(=O)c1cc(NC(C)=O)cc(NC(C)=O)c1-c1cccc(COC(C)=O)c1. The molecule has 0 saturated heterocycles. The molecule has 8 nitrogen and oxygen atoms in total. The summed E-state index contributed by atoms with van der Waals surface area (Å²) in [6.45, 7) is 4.05. The molecule has 2 rings (SSSR count). The monoisotopic (exact) mass is 398 g/mol. The van der Waals surface area contributed by atoms with Crippen molar-refractivity contribution in [1.82, 2.24) is 0 Å². The van der Waals surface area contributed by atoms with Crippen molar-refractivity contribution in [2.45, 2.75) is 27.4 Å². The van der Waals surface area contributed by atoms with Gasteiger partial charge in [0.05, 0.1) is 18.4 Å². The van der Waals surface area contributed by atoms with Crippen LogP contribution in [0.3, 0.4) is 0 Å². The molecule has 0 saturated carbocycles. The standard InChI is InChI=1S/C21H22N2O6/c1-12(24)22-17-9-18(21(27)28-4)20(19(10-17)23-13(2)25)16-7-5-6-15(8-16)11-29-14(3)26/h5-10H,11H2,1-4H3,(H,22,24)(H,23,25). The van der Waals surface area contributed by atoms with Crippen LogP contribution in [0, 0.1) is 0 Å². The van der Waals surface area contributed by atoms with Gasteiger partial charge >= 0.3 is 11.9 Å². The first kappa shape index (κ1) is 21.6. The minimum Gasteiger partial charge on any atom is -0.465 e. The molecule has 2 N–H and O–H groups in total. The van der Waals surface area contributed by atoms with Gasteiger partial charge in [-0.25, -0.2) is 4.79 Å². The van der Waals surface area contributed by atoms with Crippen molar-refractivity contribution in [2.24, 2.45) is 0 Å². The van der Waals surface area contributed by atoms with E-state index in [1.807, 2.05) is 0 Å². The summed E-state index contributed by atoms with van der Waals surface area (Å²) in [6, 6.07) is 10.1. The first-order valence-electron chi connectivity index (χ1n) is 8.75. The van der Waals surface area contributed by atoms with Crippen LogP contribution in [-0.4, -0.2) is 30.9 Å². The Morgan fingerprint density at radius 3 is 2.21 bits per heavy atom. The Hall–Kier alpha value is -3.68. The molecular weight excluding hydrogens is 376 g/mol. The van der Waals surface area contributed by atoms with Crippen molar-refractivity contribution in [2.75, 3.05) is 17.7 Å². The summed E-state index contributed by atoms with van der Waals surface area (Å²) < 4.78 is 9.92. The number of hydrogen-bond acceptors (Lipinski definition) is 6. The molecule has 0 heterocycles. The van der Waals surface area contributed by atoms with Gasteiger partial charge in [0.15, 0.2) is 0 Å². The van der Waals surface area contributed by atoms with Crippen molar-refractivity contribution >= 4 is 35.1 Å². The van der Waals surface area contributed by atoms with E-state index in [0.29, 0.717) is 28.1 Å². The third-order valence-electron chi connectivity index (χ3n) is 3.83. The highest BCUT2D eigenvalue weighted by Gasteiger charge is 2.20. The number of anilines is 2. The maximum absolute atomic E-state index is 12.5. The van der Waals surface area contributed by atoms with Crippen LogP contribution < -0.4 is 10.6 Å². The number of hydrogen-bond donors (Lipinski definition) is 2. The lowest BCUT2D eigenvalue weighted by atomic mass is 9.95. The first-order chi connectivity index (χ1) is 13.7. The zero-order valence-electron chi connectivity index (χ0n) is 16.6. The second kappa shape index (κ2) is 9.50. The van der Waals surface area contributed by atoms with Crippen LogP contribution in [0.25, 0.3) is 11.1 Å². The summed E-state index contributed by atoms with van der Waals surface area (Å²) in [5.74, 6) is -1.72. The molecule has 0 spiro atoms. The van der Waals surface area contributed by atoms with Gasteiger partial charge in [-0.3, -0.25) is 14.4 Å². The Morgan fingerprint density at radius 1 is 0.931 bits per heavy atom. The lowest BCUT2D eigenvalue weighted by Crippen LogP contribution is -2.13. The number of methoxy groups -OCH3 is 1. The zero-order valence-corrected chi connectivity index (χ0v) is 16.6. The average molecular weight is 398 g/mol. The number of nitrogens with one attached hydrogen (secondary N) is 2. The van der Waals surface area contributed by atoms with E-state index in [0.717, 1.165) is 0 Å². The highest BCUT2D eigenvalue weighted by Crippen LogP contribution is 2.36. The Labute approximate surface area is 168 Å². The summed E-state index contributed by atoms with van der Waals surface area (Å²) in [5, 5.41) is 5.30. The summed E-state index contributed by atoms with van der Waals surface area (Å²) in [6.07, 6.45) is 0. The molecule has 0 aromatic heterocycles. The number of amides is 2. The maximum Gasteiger partial charge on any atom is 0.338 e. The topological polar surface area (TPSA) is 111 Å². The molecule has 0 unspecified atom stereocenters. The molecule has 0 aliphatic rings. The Kier molecular flexibility index (Phi) is 7.08. The van der Waals surface area contributed by atoms with E-state index in [4.69, 9.17) is 9.47 Å². The number of ether oxygens (including phenoxy) is 2. The smallest absolute Gasteiger partial charge is 0.338 e. The largest absolute Gasteiger partial charge is 0.465 e. The van der Waals surface area contributed by atoms with E-state index < -0.39 is 11.9 Å². The van der Waals surface area contributed by atoms with Crippen molar-refractivity contribution in [3.05, 3.63) is 47.5 Å². The van der Waals surface area contributed by atoms with E-state index in [-0.39, 0.29) is 24.0 Å². The lowest BCUT2D eigenvalue weighted by Gasteiger charge is -2.17. The molecular formula is C21H22N2O6. The second-order valence-corrected chi connectivity index (χ2v) is 6.28. The average Bonchev–Trinajstić information content (AvgIpc) is 2.64. The molecule has 0 fully saturated rings. The van der Waals surface area contributed by atoms with Gasteiger partial charge in [-0.15, -0.1) is 0 Å². The minimum atomic E-state index is -0.635. The molecule has 0 aliphatic carbocycles. The van der Waals surface area contributed by atoms with Gasteiger partial charge in [0.2, 0.25) is 11.8 Å². The van der Waals surface area contributed by atoms with Gasteiger partial charge in [-0.1, -0.05) is 18.2 Å². The van der Waals surface area contributed by atoms with Crippen molar-refractivity contribution < 1.29 is 28.7 Å². The molecule has 0 bridgehead atoms. The van der Waals surface area contributed by atoms with Crippen LogP contribution in [-0.2, 0) is 30.5 Å².